The molecule has 0 spiro atoms. The van der Waals surface area contributed by atoms with Crippen LogP contribution in [-0.4, -0.2) is 45.4 Å². The highest BCUT2D eigenvalue weighted by molar-refractivity contribution is 8.04. The molecule has 0 bridgehead atoms. The Bertz CT molecular complexity index is 163. The molecule has 1 aliphatic heterocycles. The second-order valence-corrected chi connectivity index (χ2v) is 4.03. The third-order valence-electron chi connectivity index (χ3n) is 1.43. The van der Waals surface area contributed by atoms with E-state index in [9.17, 15) is 4.79 Å². The number of thiol groups is 1. The van der Waals surface area contributed by atoms with Crippen LogP contribution in [0.3, 0.4) is 0 Å². The topological polar surface area (TPSA) is 55.8 Å². The van der Waals surface area contributed by atoms with Gasteiger partial charge in [-0.15, -0.1) is 0 Å². The van der Waals surface area contributed by atoms with E-state index in [0.29, 0.717) is 0 Å². The summed E-state index contributed by atoms with van der Waals surface area (Å²) in [4.78, 5) is 10.4. The molecule has 70 valence electrons. The lowest BCUT2D eigenvalue weighted by atomic mass is 10.4. The van der Waals surface area contributed by atoms with Crippen molar-refractivity contribution in [2.75, 3.05) is 26.2 Å². The molecule has 7 heteroatoms. The molecule has 0 atom stereocenters. The number of rotatable bonds is 2. The van der Waals surface area contributed by atoms with Gasteiger partial charge in [-0.1, -0.05) is 0 Å². The van der Waals surface area contributed by atoms with Crippen LogP contribution in [0.15, 0.2) is 0 Å². The van der Waals surface area contributed by atoms with Crippen molar-refractivity contribution >= 4 is 31.0 Å². The highest BCUT2D eigenvalue weighted by Gasteiger charge is 2.16. The maximum atomic E-state index is 10.4. The molecule has 1 rings (SSSR count). The summed E-state index contributed by atoms with van der Waals surface area (Å²) in [5, 5.41) is 11.7. The van der Waals surface area contributed by atoms with E-state index in [4.69, 9.17) is 5.11 Å². The van der Waals surface area contributed by atoms with Gasteiger partial charge in [0.05, 0.1) is 12.1 Å². The zero-order valence-corrected chi connectivity index (χ0v) is 8.14. The minimum Gasteiger partial charge on any atom is -0.464 e. The van der Waals surface area contributed by atoms with Crippen LogP contribution < -0.4 is 5.32 Å². The Morgan fingerprint density at radius 3 is 2.67 bits per heavy atom. The normalized spacial score (nSPS) is 19.1. The lowest BCUT2D eigenvalue weighted by molar-refractivity contribution is 0.190. The fraction of sp³-hybridized carbons (Fsp3) is 0.800. The quantitative estimate of drug-likeness (QED) is 0.450. The van der Waals surface area contributed by atoms with Gasteiger partial charge in [-0.05, 0) is 12.8 Å². The number of hydrogen-bond donors (Lipinski definition) is 3. The molecule has 1 aliphatic rings. The molecule has 0 radical (unpaired) electrons. The summed E-state index contributed by atoms with van der Waals surface area (Å²) in [6, 6.07) is 0. The van der Waals surface area contributed by atoms with Crippen LogP contribution in [-0.2, 0) is 0 Å². The molecule has 1 saturated heterocycles. The molecule has 0 aromatic heterocycles. The van der Waals surface area contributed by atoms with Gasteiger partial charge in [0.25, 0.3) is 0 Å². The Morgan fingerprint density at radius 2 is 2.17 bits per heavy atom. The van der Waals surface area contributed by atoms with Crippen molar-refractivity contribution in [1.82, 2.24) is 13.3 Å². The van der Waals surface area contributed by atoms with E-state index in [2.05, 4.69) is 18.1 Å². The maximum absolute atomic E-state index is 10.4. The van der Waals surface area contributed by atoms with Gasteiger partial charge in [0.15, 0.2) is 0 Å². The van der Waals surface area contributed by atoms with Gasteiger partial charge < -0.3 is 10.4 Å². The second-order valence-electron chi connectivity index (χ2n) is 2.32. The van der Waals surface area contributed by atoms with E-state index in [0.717, 1.165) is 42.0 Å². The lowest BCUT2D eigenvalue weighted by Crippen LogP contribution is -2.41. The Kier molecular flexibility index (Phi) is 3.99. The molecule has 0 aliphatic carbocycles. The lowest BCUT2D eigenvalue weighted by Gasteiger charge is -2.27. The highest BCUT2D eigenvalue weighted by Crippen LogP contribution is 2.18. The highest BCUT2D eigenvalue weighted by atomic mass is 32.2. The van der Waals surface area contributed by atoms with E-state index in [-0.39, 0.29) is 0 Å². The van der Waals surface area contributed by atoms with E-state index < -0.39 is 6.09 Å². The van der Waals surface area contributed by atoms with E-state index in [1.165, 1.54) is 0 Å². The van der Waals surface area contributed by atoms with Crippen molar-refractivity contribution in [3.63, 3.8) is 0 Å². The fourth-order valence-corrected chi connectivity index (χ4v) is 1.81. The summed E-state index contributed by atoms with van der Waals surface area (Å²) in [5.41, 5.74) is 0. The Labute approximate surface area is 80.9 Å². The van der Waals surface area contributed by atoms with E-state index >= 15 is 0 Å². The summed E-state index contributed by atoms with van der Waals surface area (Å²) < 4.78 is 2.86. The molecule has 5 nitrogen and oxygen atoms in total. The van der Waals surface area contributed by atoms with Crippen molar-refractivity contribution < 1.29 is 9.90 Å². The molecule has 0 aromatic rings. The number of nitrogens with zero attached hydrogens (tertiary/aromatic N) is 2. The van der Waals surface area contributed by atoms with Crippen LogP contribution in [0.2, 0.25) is 0 Å². The minimum absolute atomic E-state index is 0.842. The average molecular weight is 209 g/mol. The average Bonchev–Trinajstić information content (AvgIpc) is 2.06. The first-order chi connectivity index (χ1) is 5.70. The second kappa shape index (κ2) is 4.80. The molecule has 12 heavy (non-hydrogen) atoms. The van der Waals surface area contributed by atoms with Crippen LogP contribution in [0.4, 0.5) is 4.79 Å². The van der Waals surface area contributed by atoms with Crippen molar-refractivity contribution in [2.45, 2.75) is 0 Å². The largest absolute Gasteiger partial charge is 0.464 e. The smallest absolute Gasteiger partial charge is 0.428 e. The molecular formula is C5H11N3O2S2. The number of hydrogen-bond acceptors (Lipinski definition) is 5. The molecule has 2 N–H and O–H groups in total. The monoisotopic (exact) mass is 209 g/mol. The Morgan fingerprint density at radius 1 is 1.58 bits per heavy atom. The van der Waals surface area contributed by atoms with Gasteiger partial charge in [-0.25, -0.2) is 9.10 Å². The molecule has 1 fully saturated rings. The molecule has 0 saturated carbocycles. The summed E-state index contributed by atoms with van der Waals surface area (Å²) in [6.45, 7) is 3.48. The molecule has 0 unspecified atom stereocenters. The van der Waals surface area contributed by atoms with Crippen molar-refractivity contribution in [3.8, 4) is 0 Å². The van der Waals surface area contributed by atoms with Gasteiger partial charge >= 0.3 is 6.09 Å². The molecular weight excluding hydrogens is 198 g/mol. The summed E-state index contributed by atoms with van der Waals surface area (Å²) in [5.74, 6) is 0. The maximum Gasteiger partial charge on any atom is 0.428 e. The van der Waals surface area contributed by atoms with Gasteiger partial charge in [0, 0.05) is 26.2 Å². The van der Waals surface area contributed by atoms with Gasteiger partial charge in [-0.3, -0.25) is 0 Å². The SMILES string of the molecule is O=C(O)N(S)SN1CCNCC1. The third-order valence-corrected chi connectivity index (χ3v) is 2.73. The number of carbonyl (C=O) groups is 1. The predicted octanol–water partition coefficient (Wildman–Crippen LogP) is 0.280. The molecule has 0 aromatic carbocycles. The number of amides is 1. The van der Waals surface area contributed by atoms with Gasteiger partial charge in [-0.2, -0.15) is 3.71 Å². The first kappa shape index (κ1) is 9.97. The molecule has 1 heterocycles. The van der Waals surface area contributed by atoms with Crippen LogP contribution in [0.25, 0.3) is 0 Å². The third kappa shape index (κ3) is 3.10. The van der Waals surface area contributed by atoms with Crippen molar-refractivity contribution in [3.05, 3.63) is 0 Å². The minimum atomic E-state index is -1.04. The van der Waals surface area contributed by atoms with Gasteiger partial charge in [0.2, 0.25) is 0 Å². The first-order valence-electron chi connectivity index (χ1n) is 3.56. The number of piperazine rings is 1. The standard InChI is InChI=1S/C5H11N3O2S2/c9-5(10)8(11)12-7-3-1-6-2-4-7/h6,11H,1-4H2,(H,9,10). The van der Waals surface area contributed by atoms with Gasteiger partial charge in [0.1, 0.15) is 0 Å². The molecule has 1 amide bonds. The Balaban J connectivity index is 2.24. The predicted molar refractivity (Wildman–Crippen MR) is 50.9 cm³/mol. The van der Waals surface area contributed by atoms with Crippen LogP contribution in [0.1, 0.15) is 0 Å². The van der Waals surface area contributed by atoms with E-state index in [1.54, 1.807) is 0 Å². The van der Waals surface area contributed by atoms with Crippen LogP contribution in [0.5, 0.6) is 0 Å². The summed E-state index contributed by atoms with van der Waals surface area (Å²) >= 11 is 4.89. The first-order valence-corrected chi connectivity index (χ1v) is 4.69. The summed E-state index contributed by atoms with van der Waals surface area (Å²) in [6.07, 6.45) is -1.04. The van der Waals surface area contributed by atoms with E-state index in [1.807, 2.05) is 4.31 Å². The van der Waals surface area contributed by atoms with Crippen molar-refractivity contribution in [2.24, 2.45) is 0 Å². The zero-order chi connectivity index (χ0) is 8.97. The number of carboxylic acid groups (broad SMARTS) is 1. The van der Waals surface area contributed by atoms with Crippen molar-refractivity contribution in [1.29, 1.82) is 0 Å². The zero-order valence-electron chi connectivity index (χ0n) is 6.43. The van der Waals surface area contributed by atoms with Crippen LogP contribution in [0, 0.1) is 0 Å². The number of nitrogens with one attached hydrogen (secondary N) is 1. The Hall–Kier alpha value is -0.110. The fourth-order valence-electron chi connectivity index (χ4n) is 0.870. The summed E-state index contributed by atoms with van der Waals surface area (Å²) in [7, 11) is 0. The van der Waals surface area contributed by atoms with Crippen LogP contribution >= 0.6 is 24.9 Å².